The van der Waals surface area contributed by atoms with Crippen LogP contribution in [0.4, 0.5) is 0 Å². The van der Waals surface area contributed by atoms with E-state index in [1.54, 1.807) is 0 Å². The van der Waals surface area contributed by atoms with Crippen LogP contribution in [0.1, 0.15) is 325 Å². The number of aliphatic hydroxyl groups excluding tert-OH is 1. The molecule has 0 amide bonds. The Morgan fingerprint density at radius 3 is 0.826 bits per heavy atom. The monoisotopic (exact) mass is 1270 g/mol. The van der Waals surface area contributed by atoms with Crippen molar-refractivity contribution in [2.75, 3.05) is 39.6 Å². The van der Waals surface area contributed by atoms with Crippen molar-refractivity contribution in [1.82, 2.24) is 0 Å². The number of hydrogen-bond acceptors (Lipinski definition) is 15. The number of phosphoric acid groups is 2. The lowest BCUT2D eigenvalue weighted by Crippen LogP contribution is -2.30. The number of phosphoric ester groups is 2. The van der Waals surface area contributed by atoms with Crippen LogP contribution in [-0.2, 0) is 65.4 Å². The number of esters is 4. The van der Waals surface area contributed by atoms with E-state index in [2.05, 4.69) is 55.4 Å². The topological polar surface area (TPSA) is 237 Å². The third-order valence-corrected chi connectivity index (χ3v) is 17.9. The Morgan fingerprint density at radius 1 is 0.326 bits per heavy atom. The standard InChI is InChI=1S/C67H130O17P2/c1-9-59(7)45-37-29-20-16-12-14-18-22-34-42-50-67(72)83-62(53-77-64(69)47-39-31-25-23-28-36-44-58(5)6)55-81-85(73,74)79-51-61(68)52-80-86(75,76)82-56-63(54-78-65(70)48-40-32-26-24-30-38-46-60(8)10-2)84-66(71)49-41-33-21-17-13-11-15-19-27-35-43-57(3)4/h57-63,68H,9-56H2,1-8H3,(H,73,74)(H,75,76)/t59?,60?,61-,62+,63+/m0/s1. The Hall–Kier alpha value is -1.94. The number of carbonyl (C=O) groups excluding carboxylic acids is 4. The molecule has 17 nitrogen and oxygen atoms in total. The maximum atomic E-state index is 13.0. The average molecular weight is 1270 g/mol. The van der Waals surface area contributed by atoms with Crippen LogP contribution in [0, 0.1) is 23.7 Å². The number of hydrogen-bond donors (Lipinski definition) is 3. The van der Waals surface area contributed by atoms with Crippen molar-refractivity contribution in [3.8, 4) is 0 Å². The van der Waals surface area contributed by atoms with Gasteiger partial charge in [0.25, 0.3) is 0 Å². The predicted octanol–water partition coefficient (Wildman–Crippen LogP) is 18.5. The van der Waals surface area contributed by atoms with Gasteiger partial charge in [-0.3, -0.25) is 37.3 Å². The van der Waals surface area contributed by atoms with Crippen molar-refractivity contribution in [3.05, 3.63) is 0 Å². The third-order valence-electron chi connectivity index (χ3n) is 16.0. The molecule has 510 valence electrons. The van der Waals surface area contributed by atoms with E-state index in [4.69, 9.17) is 37.0 Å². The molecule has 0 bridgehead atoms. The number of carbonyl (C=O) groups is 4. The Bertz CT molecular complexity index is 1720. The van der Waals surface area contributed by atoms with Gasteiger partial charge in [-0.25, -0.2) is 9.13 Å². The van der Waals surface area contributed by atoms with Gasteiger partial charge in [0, 0.05) is 25.7 Å². The van der Waals surface area contributed by atoms with Crippen molar-refractivity contribution < 1.29 is 80.2 Å². The fourth-order valence-corrected chi connectivity index (χ4v) is 11.5. The largest absolute Gasteiger partial charge is 0.472 e. The van der Waals surface area contributed by atoms with Gasteiger partial charge in [0.2, 0.25) is 0 Å². The van der Waals surface area contributed by atoms with Gasteiger partial charge in [-0.15, -0.1) is 0 Å². The van der Waals surface area contributed by atoms with E-state index in [0.29, 0.717) is 31.6 Å². The van der Waals surface area contributed by atoms with Crippen molar-refractivity contribution >= 4 is 39.5 Å². The van der Waals surface area contributed by atoms with E-state index in [-0.39, 0.29) is 25.7 Å². The molecule has 7 atom stereocenters. The summed E-state index contributed by atoms with van der Waals surface area (Å²) in [7, 11) is -9.90. The quantitative estimate of drug-likeness (QED) is 0.0222. The molecular weight excluding hydrogens is 1140 g/mol. The van der Waals surface area contributed by atoms with E-state index < -0.39 is 97.5 Å². The molecule has 0 fully saturated rings. The van der Waals surface area contributed by atoms with Crippen LogP contribution >= 0.6 is 15.6 Å². The summed E-state index contributed by atoms with van der Waals surface area (Å²) in [6.45, 7) is 14.0. The molecule has 0 aromatic rings. The summed E-state index contributed by atoms with van der Waals surface area (Å²) >= 11 is 0. The Kier molecular flexibility index (Phi) is 55.7. The second-order valence-corrected chi connectivity index (χ2v) is 28.6. The van der Waals surface area contributed by atoms with Gasteiger partial charge in [-0.05, 0) is 49.4 Å². The van der Waals surface area contributed by atoms with Crippen LogP contribution in [0.15, 0.2) is 0 Å². The van der Waals surface area contributed by atoms with Gasteiger partial charge >= 0.3 is 39.5 Å². The SMILES string of the molecule is CCC(C)CCCCCCCCCCCCC(=O)O[C@H](COC(=O)CCCCCCCCC(C)C)COP(=O)(O)OC[C@H](O)COP(=O)(O)OC[C@@H](COC(=O)CCCCCCCCC(C)CC)OC(=O)CCCCCCCCCCCCC(C)C. The number of rotatable bonds is 64. The maximum Gasteiger partial charge on any atom is 0.472 e. The van der Waals surface area contributed by atoms with Crippen molar-refractivity contribution in [1.29, 1.82) is 0 Å². The summed E-state index contributed by atoms with van der Waals surface area (Å²) in [6.07, 6.45) is 37.6. The van der Waals surface area contributed by atoms with Crippen LogP contribution in [0.25, 0.3) is 0 Å². The summed E-state index contributed by atoms with van der Waals surface area (Å²) in [5.41, 5.74) is 0. The summed E-state index contributed by atoms with van der Waals surface area (Å²) in [4.78, 5) is 72.4. The van der Waals surface area contributed by atoms with E-state index in [1.807, 2.05) is 0 Å². The smallest absolute Gasteiger partial charge is 0.462 e. The summed E-state index contributed by atoms with van der Waals surface area (Å²) < 4.78 is 68.1. The molecule has 19 heteroatoms. The highest BCUT2D eigenvalue weighted by Crippen LogP contribution is 2.45. The van der Waals surface area contributed by atoms with E-state index in [9.17, 15) is 43.2 Å². The molecule has 0 saturated carbocycles. The third kappa shape index (κ3) is 58.4. The van der Waals surface area contributed by atoms with Gasteiger partial charge in [0.05, 0.1) is 26.4 Å². The highest BCUT2D eigenvalue weighted by molar-refractivity contribution is 7.47. The minimum atomic E-state index is -4.95. The van der Waals surface area contributed by atoms with Crippen LogP contribution in [0.5, 0.6) is 0 Å². The molecule has 0 aliphatic rings. The minimum Gasteiger partial charge on any atom is -0.462 e. The number of aliphatic hydroxyl groups is 1. The van der Waals surface area contributed by atoms with Crippen LogP contribution in [-0.4, -0.2) is 96.7 Å². The fraction of sp³-hybridized carbons (Fsp3) is 0.940. The second-order valence-electron chi connectivity index (χ2n) is 25.6. The molecule has 86 heavy (non-hydrogen) atoms. The van der Waals surface area contributed by atoms with Crippen LogP contribution in [0.3, 0.4) is 0 Å². The summed E-state index contributed by atoms with van der Waals surface area (Å²) in [5.74, 6) is 0.829. The van der Waals surface area contributed by atoms with Crippen molar-refractivity contribution in [2.24, 2.45) is 23.7 Å². The Morgan fingerprint density at radius 2 is 0.558 bits per heavy atom. The van der Waals surface area contributed by atoms with Gasteiger partial charge in [-0.2, -0.15) is 0 Å². The second kappa shape index (κ2) is 57.0. The number of unbranched alkanes of at least 4 members (excludes halogenated alkanes) is 28. The van der Waals surface area contributed by atoms with E-state index >= 15 is 0 Å². The summed E-state index contributed by atoms with van der Waals surface area (Å²) in [6, 6.07) is 0. The van der Waals surface area contributed by atoms with Gasteiger partial charge in [0.15, 0.2) is 12.2 Å². The molecule has 0 heterocycles. The van der Waals surface area contributed by atoms with E-state index in [0.717, 1.165) is 120 Å². The van der Waals surface area contributed by atoms with Gasteiger partial charge in [0.1, 0.15) is 19.3 Å². The fourth-order valence-electron chi connectivity index (χ4n) is 9.89. The van der Waals surface area contributed by atoms with E-state index in [1.165, 1.54) is 116 Å². The molecule has 0 spiro atoms. The molecule has 0 aliphatic carbocycles. The van der Waals surface area contributed by atoms with Crippen molar-refractivity contribution in [2.45, 2.75) is 343 Å². The zero-order chi connectivity index (χ0) is 63.9. The molecule has 0 saturated heterocycles. The molecule has 0 radical (unpaired) electrons. The van der Waals surface area contributed by atoms with Gasteiger partial charge in [-0.1, -0.05) is 274 Å². The molecule has 0 aliphatic heterocycles. The first-order valence-electron chi connectivity index (χ1n) is 34.8. The lowest BCUT2D eigenvalue weighted by Gasteiger charge is -2.21. The molecule has 3 N–H and O–H groups in total. The first-order valence-corrected chi connectivity index (χ1v) is 37.8. The molecule has 0 aromatic carbocycles. The lowest BCUT2D eigenvalue weighted by molar-refractivity contribution is -0.161. The van der Waals surface area contributed by atoms with Crippen LogP contribution < -0.4 is 0 Å². The molecular formula is C67H130O17P2. The highest BCUT2D eigenvalue weighted by atomic mass is 31.2. The minimum absolute atomic E-state index is 0.104. The molecule has 0 rings (SSSR count). The first kappa shape index (κ1) is 84.1. The summed E-state index contributed by atoms with van der Waals surface area (Å²) in [5, 5.41) is 10.6. The molecule has 0 aromatic heterocycles. The van der Waals surface area contributed by atoms with Crippen LogP contribution in [0.2, 0.25) is 0 Å². The maximum absolute atomic E-state index is 13.0. The van der Waals surface area contributed by atoms with Crippen molar-refractivity contribution in [3.63, 3.8) is 0 Å². The Balaban J connectivity index is 5.26. The number of ether oxygens (including phenoxy) is 4. The predicted molar refractivity (Wildman–Crippen MR) is 344 cm³/mol. The first-order chi connectivity index (χ1) is 41.2. The normalized spacial score (nSPS) is 15.0. The molecule has 4 unspecified atom stereocenters. The Labute approximate surface area is 524 Å². The van der Waals surface area contributed by atoms with Gasteiger partial charge < -0.3 is 33.8 Å². The highest BCUT2D eigenvalue weighted by Gasteiger charge is 2.30. The lowest BCUT2D eigenvalue weighted by atomic mass is 9.99. The average Bonchev–Trinajstić information content (AvgIpc) is 3.69. The zero-order valence-corrected chi connectivity index (χ0v) is 57.7. The zero-order valence-electron chi connectivity index (χ0n) is 55.9.